The van der Waals surface area contributed by atoms with Crippen LogP contribution in [-0.4, -0.2) is 42.3 Å². The Hall–Kier alpha value is -1.28. The Labute approximate surface area is 109 Å². The highest BCUT2D eigenvalue weighted by molar-refractivity contribution is 5.69. The summed E-state index contributed by atoms with van der Waals surface area (Å²) in [5, 5.41) is 12.2. The number of ether oxygens (including phenoxy) is 1. The molecule has 0 aromatic carbocycles. The smallest absolute Gasteiger partial charge is 0.410 e. The molecule has 0 unspecified atom stereocenters. The molecule has 5 nitrogen and oxygen atoms in total. The van der Waals surface area contributed by atoms with E-state index in [2.05, 4.69) is 11.4 Å². The first-order chi connectivity index (χ1) is 8.13. The van der Waals surface area contributed by atoms with Crippen LogP contribution in [0, 0.1) is 16.7 Å². The second kappa shape index (κ2) is 5.15. The van der Waals surface area contributed by atoms with E-state index in [-0.39, 0.29) is 17.6 Å². The molecule has 1 aliphatic heterocycles. The van der Waals surface area contributed by atoms with Crippen LogP contribution in [0.2, 0.25) is 0 Å². The summed E-state index contributed by atoms with van der Waals surface area (Å²) in [5.74, 6) is 0. The fraction of sp³-hybridized carbons (Fsp3) is 0.846. The highest BCUT2D eigenvalue weighted by Gasteiger charge is 2.34. The van der Waals surface area contributed by atoms with Gasteiger partial charge in [0.15, 0.2) is 0 Å². The number of carbonyl (C=O) groups excluding carboxylic acids is 1. The minimum absolute atomic E-state index is 0.264. The van der Waals surface area contributed by atoms with Gasteiger partial charge in [0, 0.05) is 25.7 Å². The molecule has 0 bridgehead atoms. The van der Waals surface area contributed by atoms with Crippen molar-refractivity contribution in [2.24, 2.45) is 5.41 Å². The normalized spacial score (nSPS) is 17.0. The molecule has 0 aliphatic carbocycles. The monoisotopic (exact) mass is 253 g/mol. The second-order valence-electron chi connectivity index (χ2n) is 6.46. The SMILES string of the molecule is CC(C)(C#N)CNC1CN(C(=O)OC(C)(C)C)C1. The Bertz CT molecular complexity index is 346. The van der Waals surface area contributed by atoms with Crippen molar-refractivity contribution in [3.05, 3.63) is 0 Å². The number of rotatable bonds is 3. The topological polar surface area (TPSA) is 65.4 Å². The molecule has 18 heavy (non-hydrogen) atoms. The quantitative estimate of drug-likeness (QED) is 0.832. The maximum absolute atomic E-state index is 11.7. The summed E-state index contributed by atoms with van der Waals surface area (Å²) in [6.07, 6.45) is -0.264. The maximum Gasteiger partial charge on any atom is 0.410 e. The van der Waals surface area contributed by atoms with Gasteiger partial charge < -0.3 is 15.0 Å². The van der Waals surface area contributed by atoms with E-state index in [0.717, 1.165) is 0 Å². The molecule has 1 amide bonds. The first-order valence-corrected chi connectivity index (χ1v) is 6.25. The summed E-state index contributed by atoms with van der Waals surface area (Å²) in [6, 6.07) is 2.51. The third kappa shape index (κ3) is 4.53. The van der Waals surface area contributed by atoms with Gasteiger partial charge in [-0.2, -0.15) is 5.26 Å². The molecular formula is C13H23N3O2. The van der Waals surface area contributed by atoms with Crippen LogP contribution >= 0.6 is 0 Å². The average Bonchev–Trinajstić information content (AvgIpc) is 2.12. The first-order valence-electron chi connectivity index (χ1n) is 6.25. The molecule has 1 aliphatic rings. The van der Waals surface area contributed by atoms with E-state index in [9.17, 15) is 4.79 Å². The molecule has 1 fully saturated rings. The van der Waals surface area contributed by atoms with Gasteiger partial charge in [-0.1, -0.05) is 0 Å². The standard InChI is InChI=1S/C13H23N3O2/c1-12(2,3)18-11(17)16-6-10(7-16)15-9-13(4,5)8-14/h10,15H,6-7,9H2,1-5H3. The molecular weight excluding hydrogens is 230 g/mol. The van der Waals surface area contributed by atoms with Crippen LogP contribution < -0.4 is 5.32 Å². The Morgan fingerprint density at radius 2 is 1.94 bits per heavy atom. The number of nitrogens with zero attached hydrogens (tertiary/aromatic N) is 2. The van der Waals surface area contributed by atoms with Crippen LogP contribution in [-0.2, 0) is 4.74 Å². The van der Waals surface area contributed by atoms with Crippen molar-refractivity contribution in [1.82, 2.24) is 10.2 Å². The molecule has 1 rings (SSSR count). The fourth-order valence-electron chi connectivity index (χ4n) is 1.52. The van der Waals surface area contributed by atoms with Gasteiger partial charge in [0.25, 0.3) is 0 Å². The third-order valence-corrected chi connectivity index (χ3v) is 2.67. The van der Waals surface area contributed by atoms with Crippen molar-refractivity contribution in [1.29, 1.82) is 5.26 Å². The number of nitrogens with one attached hydrogen (secondary N) is 1. The van der Waals surface area contributed by atoms with E-state index < -0.39 is 5.60 Å². The summed E-state index contributed by atoms with van der Waals surface area (Å²) in [5.41, 5.74) is -0.815. The Kier molecular flexibility index (Phi) is 4.23. The Morgan fingerprint density at radius 3 is 2.39 bits per heavy atom. The summed E-state index contributed by atoms with van der Waals surface area (Å²) >= 11 is 0. The fourth-order valence-corrected chi connectivity index (χ4v) is 1.52. The van der Waals surface area contributed by atoms with Crippen molar-refractivity contribution in [2.75, 3.05) is 19.6 Å². The highest BCUT2D eigenvalue weighted by atomic mass is 16.6. The van der Waals surface area contributed by atoms with Crippen LogP contribution in [0.1, 0.15) is 34.6 Å². The Balaban J connectivity index is 2.25. The lowest BCUT2D eigenvalue weighted by atomic mass is 9.95. The van der Waals surface area contributed by atoms with Gasteiger partial charge in [-0.25, -0.2) is 4.79 Å². The van der Waals surface area contributed by atoms with Crippen LogP contribution in [0.25, 0.3) is 0 Å². The second-order valence-corrected chi connectivity index (χ2v) is 6.46. The molecule has 0 radical (unpaired) electrons. The summed E-state index contributed by atoms with van der Waals surface area (Å²) in [6.45, 7) is 11.3. The molecule has 1 N–H and O–H groups in total. The summed E-state index contributed by atoms with van der Waals surface area (Å²) in [7, 11) is 0. The molecule has 0 aromatic rings. The predicted octanol–water partition coefficient (Wildman–Crippen LogP) is 1.75. The number of nitriles is 1. The Morgan fingerprint density at radius 1 is 1.39 bits per heavy atom. The number of likely N-dealkylation sites (tertiary alicyclic amines) is 1. The zero-order chi connectivity index (χ0) is 14.0. The number of carbonyl (C=O) groups is 1. The highest BCUT2D eigenvalue weighted by Crippen LogP contribution is 2.17. The minimum atomic E-state index is -0.446. The molecule has 102 valence electrons. The molecule has 0 atom stereocenters. The molecule has 5 heteroatoms. The van der Waals surface area contributed by atoms with Crippen LogP contribution in [0.15, 0.2) is 0 Å². The van der Waals surface area contributed by atoms with Gasteiger partial charge in [0.05, 0.1) is 11.5 Å². The first kappa shape index (κ1) is 14.8. The largest absolute Gasteiger partial charge is 0.444 e. The average molecular weight is 253 g/mol. The van der Waals surface area contributed by atoms with Crippen LogP contribution in [0.3, 0.4) is 0 Å². The van der Waals surface area contributed by atoms with Gasteiger partial charge in [-0.3, -0.25) is 0 Å². The zero-order valence-electron chi connectivity index (χ0n) is 11.9. The van der Waals surface area contributed by atoms with Gasteiger partial charge >= 0.3 is 6.09 Å². The van der Waals surface area contributed by atoms with Crippen molar-refractivity contribution >= 4 is 6.09 Å². The lowest BCUT2D eigenvalue weighted by Gasteiger charge is -2.40. The summed E-state index contributed by atoms with van der Waals surface area (Å²) < 4.78 is 5.26. The third-order valence-electron chi connectivity index (χ3n) is 2.67. The van der Waals surface area contributed by atoms with E-state index in [1.54, 1.807) is 4.90 Å². The van der Waals surface area contributed by atoms with E-state index in [4.69, 9.17) is 10.00 Å². The van der Waals surface area contributed by atoms with Crippen molar-refractivity contribution in [2.45, 2.75) is 46.3 Å². The molecule has 0 aromatic heterocycles. The van der Waals surface area contributed by atoms with E-state index in [0.29, 0.717) is 19.6 Å². The number of hydrogen-bond donors (Lipinski definition) is 1. The lowest BCUT2D eigenvalue weighted by Crippen LogP contribution is -2.61. The maximum atomic E-state index is 11.7. The number of hydrogen-bond acceptors (Lipinski definition) is 4. The van der Waals surface area contributed by atoms with Crippen LogP contribution in [0.4, 0.5) is 4.79 Å². The number of amides is 1. The molecule has 1 saturated heterocycles. The van der Waals surface area contributed by atoms with Gasteiger partial charge in [0.2, 0.25) is 0 Å². The van der Waals surface area contributed by atoms with E-state index >= 15 is 0 Å². The van der Waals surface area contributed by atoms with Crippen molar-refractivity contribution < 1.29 is 9.53 Å². The zero-order valence-corrected chi connectivity index (χ0v) is 11.9. The van der Waals surface area contributed by atoms with Gasteiger partial charge in [-0.15, -0.1) is 0 Å². The summed E-state index contributed by atoms with van der Waals surface area (Å²) in [4.78, 5) is 13.3. The van der Waals surface area contributed by atoms with E-state index in [1.165, 1.54) is 0 Å². The molecule has 0 spiro atoms. The minimum Gasteiger partial charge on any atom is -0.444 e. The van der Waals surface area contributed by atoms with E-state index in [1.807, 2.05) is 34.6 Å². The van der Waals surface area contributed by atoms with Crippen LogP contribution in [0.5, 0.6) is 0 Å². The molecule has 0 saturated carbocycles. The van der Waals surface area contributed by atoms with Crippen molar-refractivity contribution in [3.8, 4) is 6.07 Å². The molecule has 1 heterocycles. The lowest BCUT2D eigenvalue weighted by molar-refractivity contribution is 0.00486. The van der Waals surface area contributed by atoms with Crippen molar-refractivity contribution in [3.63, 3.8) is 0 Å². The predicted molar refractivity (Wildman–Crippen MR) is 69.0 cm³/mol. The van der Waals surface area contributed by atoms with Gasteiger partial charge in [0.1, 0.15) is 5.60 Å². The van der Waals surface area contributed by atoms with Gasteiger partial charge in [-0.05, 0) is 34.6 Å².